The largest absolute Gasteiger partial charge is 0.490 e. The molecule has 0 saturated heterocycles. The molecular weight excluding hydrogens is 380 g/mol. The second-order valence-corrected chi connectivity index (χ2v) is 6.83. The molecule has 0 radical (unpaired) electrons. The van der Waals surface area contributed by atoms with Gasteiger partial charge in [-0.3, -0.25) is 14.9 Å². The molecule has 0 atom stereocenters. The first kappa shape index (κ1) is 20.0. The number of ether oxygens (including phenoxy) is 2. The van der Waals surface area contributed by atoms with Gasteiger partial charge in [-0.25, -0.2) is 0 Å². The average Bonchev–Trinajstić information content (AvgIpc) is 2.99. The minimum atomic E-state index is -0.606. The van der Waals surface area contributed by atoms with E-state index in [1.807, 2.05) is 32.0 Å². The van der Waals surface area contributed by atoms with Gasteiger partial charge >= 0.3 is 0 Å². The van der Waals surface area contributed by atoms with E-state index < -0.39 is 4.92 Å². The molecule has 140 valence electrons. The van der Waals surface area contributed by atoms with E-state index >= 15 is 0 Å². The fourth-order valence-corrected chi connectivity index (χ4v) is 3.39. The normalized spacial score (nSPS) is 10.4. The molecular formula is C17H19ClN2O5S. The fourth-order valence-electron chi connectivity index (χ4n) is 2.25. The van der Waals surface area contributed by atoms with Crippen LogP contribution in [0.25, 0.3) is 0 Å². The van der Waals surface area contributed by atoms with Crippen molar-refractivity contribution in [3.63, 3.8) is 0 Å². The first-order chi connectivity index (χ1) is 12.5. The Balaban J connectivity index is 1.96. The van der Waals surface area contributed by atoms with E-state index in [9.17, 15) is 14.9 Å². The third-order valence-corrected chi connectivity index (χ3v) is 4.73. The van der Waals surface area contributed by atoms with E-state index in [0.717, 1.165) is 16.9 Å². The fraction of sp³-hybridized carbons (Fsp3) is 0.353. The lowest BCUT2D eigenvalue weighted by molar-refractivity contribution is -0.384. The van der Waals surface area contributed by atoms with E-state index in [2.05, 4.69) is 5.32 Å². The van der Waals surface area contributed by atoms with Gasteiger partial charge in [-0.2, -0.15) is 0 Å². The van der Waals surface area contributed by atoms with Crippen LogP contribution in [-0.4, -0.2) is 30.6 Å². The van der Waals surface area contributed by atoms with Crippen molar-refractivity contribution < 1.29 is 19.2 Å². The molecule has 0 fully saturated rings. The van der Waals surface area contributed by atoms with Crippen LogP contribution >= 0.6 is 22.9 Å². The van der Waals surface area contributed by atoms with Crippen molar-refractivity contribution in [1.82, 2.24) is 5.32 Å². The zero-order valence-electron chi connectivity index (χ0n) is 14.4. The monoisotopic (exact) mass is 398 g/mol. The SMILES string of the molecule is CCOc1ccc(CCNC(=O)c2cc([N+](=O)[O-])c(Cl)s2)cc1OCC. The minimum absolute atomic E-state index is 0.00646. The number of nitrogens with zero attached hydrogens (tertiary/aromatic N) is 1. The highest BCUT2D eigenvalue weighted by atomic mass is 35.5. The molecule has 26 heavy (non-hydrogen) atoms. The summed E-state index contributed by atoms with van der Waals surface area (Å²) >= 11 is 6.66. The van der Waals surface area contributed by atoms with Crippen molar-refractivity contribution in [3.05, 3.63) is 49.2 Å². The van der Waals surface area contributed by atoms with Crippen LogP contribution in [0.4, 0.5) is 5.69 Å². The molecule has 0 unspecified atom stereocenters. The number of carbonyl (C=O) groups excluding carboxylic acids is 1. The van der Waals surface area contributed by atoms with Gasteiger partial charge in [0.05, 0.1) is 18.1 Å². The van der Waals surface area contributed by atoms with Crippen molar-refractivity contribution in [2.45, 2.75) is 20.3 Å². The van der Waals surface area contributed by atoms with Crippen LogP contribution in [0, 0.1) is 10.1 Å². The van der Waals surface area contributed by atoms with Crippen LogP contribution in [-0.2, 0) is 6.42 Å². The summed E-state index contributed by atoms with van der Waals surface area (Å²) in [4.78, 5) is 22.5. The first-order valence-corrected chi connectivity index (χ1v) is 9.26. The summed E-state index contributed by atoms with van der Waals surface area (Å²) in [7, 11) is 0. The second-order valence-electron chi connectivity index (χ2n) is 5.18. The minimum Gasteiger partial charge on any atom is -0.490 e. The maximum absolute atomic E-state index is 12.1. The van der Waals surface area contributed by atoms with E-state index in [0.29, 0.717) is 37.7 Å². The Morgan fingerprint density at radius 1 is 1.23 bits per heavy atom. The molecule has 1 N–H and O–H groups in total. The number of thiophene rings is 1. The number of nitro groups is 1. The van der Waals surface area contributed by atoms with Crippen LogP contribution in [0.1, 0.15) is 29.1 Å². The predicted octanol–water partition coefficient (Wildman–Crippen LogP) is 4.08. The highest BCUT2D eigenvalue weighted by Gasteiger charge is 2.20. The van der Waals surface area contributed by atoms with E-state index in [1.54, 1.807) is 0 Å². The Kier molecular flexibility index (Phi) is 7.23. The molecule has 0 aliphatic rings. The highest BCUT2D eigenvalue weighted by Crippen LogP contribution is 2.33. The molecule has 0 aliphatic heterocycles. The number of hydrogen-bond acceptors (Lipinski definition) is 6. The Bertz CT molecular complexity index is 793. The topological polar surface area (TPSA) is 90.7 Å². The van der Waals surface area contributed by atoms with Crippen LogP contribution in [0.2, 0.25) is 4.34 Å². The van der Waals surface area contributed by atoms with Crippen molar-refractivity contribution >= 4 is 34.5 Å². The van der Waals surface area contributed by atoms with Gasteiger partial charge in [-0.15, -0.1) is 11.3 Å². The van der Waals surface area contributed by atoms with Gasteiger partial charge in [0.15, 0.2) is 15.8 Å². The highest BCUT2D eigenvalue weighted by molar-refractivity contribution is 7.18. The summed E-state index contributed by atoms with van der Waals surface area (Å²) in [6, 6.07) is 6.82. The first-order valence-electron chi connectivity index (χ1n) is 8.06. The molecule has 0 aliphatic carbocycles. The Hall–Kier alpha value is -2.32. The van der Waals surface area contributed by atoms with E-state index in [-0.39, 0.29) is 20.8 Å². The third kappa shape index (κ3) is 5.09. The molecule has 1 aromatic carbocycles. The number of benzene rings is 1. The molecule has 0 saturated carbocycles. The van der Waals surface area contributed by atoms with E-state index in [4.69, 9.17) is 21.1 Å². The zero-order chi connectivity index (χ0) is 19.1. The molecule has 2 aromatic rings. The summed E-state index contributed by atoms with van der Waals surface area (Å²) in [6.07, 6.45) is 0.583. The van der Waals surface area contributed by atoms with Gasteiger partial charge in [-0.1, -0.05) is 17.7 Å². The number of amides is 1. The lowest BCUT2D eigenvalue weighted by atomic mass is 10.1. The Labute approximate surface area is 160 Å². The van der Waals surface area contributed by atoms with Crippen molar-refractivity contribution in [2.24, 2.45) is 0 Å². The average molecular weight is 399 g/mol. The molecule has 0 bridgehead atoms. The van der Waals surface area contributed by atoms with Crippen LogP contribution in [0.3, 0.4) is 0 Å². The molecule has 1 heterocycles. The van der Waals surface area contributed by atoms with Gasteiger partial charge in [0.25, 0.3) is 11.6 Å². The molecule has 2 rings (SSSR count). The Morgan fingerprint density at radius 2 is 1.92 bits per heavy atom. The maximum Gasteiger partial charge on any atom is 0.299 e. The van der Waals surface area contributed by atoms with Gasteiger partial charge < -0.3 is 14.8 Å². The van der Waals surface area contributed by atoms with Crippen LogP contribution < -0.4 is 14.8 Å². The number of halogens is 1. The Morgan fingerprint density at radius 3 is 2.54 bits per heavy atom. The second kappa shape index (κ2) is 9.40. The molecule has 1 amide bonds. The van der Waals surface area contributed by atoms with Crippen molar-refractivity contribution in [3.8, 4) is 11.5 Å². The predicted molar refractivity (Wildman–Crippen MR) is 101 cm³/mol. The molecule has 0 spiro atoms. The lowest BCUT2D eigenvalue weighted by Gasteiger charge is -2.12. The van der Waals surface area contributed by atoms with Gasteiger partial charge in [0.2, 0.25) is 0 Å². The smallest absolute Gasteiger partial charge is 0.299 e. The summed E-state index contributed by atoms with van der Waals surface area (Å²) < 4.78 is 11.1. The number of hydrogen-bond donors (Lipinski definition) is 1. The van der Waals surface area contributed by atoms with Crippen molar-refractivity contribution in [2.75, 3.05) is 19.8 Å². The van der Waals surface area contributed by atoms with Crippen LogP contribution in [0.5, 0.6) is 11.5 Å². The number of rotatable bonds is 9. The number of carbonyl (C=O) groups is 1. The summed E-state index contributed by atoms with van der Waals surface area (Å²) in [5, 5.41) is 13.5. The molecule has 7 nitrogen and oxygen atoms in total. The summed E-state index contributed by atoms with van der Waals surface area (Å²) in [6.45, 7) is 5.25. The molecule has 1 aromatic heterocycles. The quantitative estimate of drug-likeness (QED) is 0.507. The lowest BCUT2D eigenvalue weighted by Crippen LogP contribution is -2.24. The summed E-state index contributed by atoms with van der Waals surface area (Å²) in [5.41, 5.74) is 0.724. The van der Waals surface area contributed by atoms with E-state index in [1.165, 1.54) is 6.07 Å². The zero-order valence-corrected chi connectivity index (χ0v) is 16.0. The summed E-state index contributed by atoms with van der Waals surface area (Å²) in [5.74, 6) is 0.961. The maximum atomic E-state index is 12.1. The molecule has 9 heteroatoms. The van der Waals surface area contributed by atoms with Crippen molar-refractivity contribution in [1.29, 1.82) is 0 Å². The van der Waals surface area contributed by atoms with Gasteiger partial charge in [0.1, 0.15) is 4.88 Å². The standard InChI is InChI=1S/C17H19ClN2O5S/c1-3-24-13-6-5-11(9-14(13)25-4-2)7-8-19-17(21)15-10-12(20(22)23)16(18)26-15/h5-6,9-10H,3-4,7-8H2,1-2H3,(H,19,21). The van der Waals surface area contributed by atoms with Gasteiger partial charge in [0, 0.05) is 12.6 Å². The van der Waals surface area contributed by atoms with Crippen LogP contribution in [0.15, 0.2) is 24.3 Å². The number of nitrogens with one attached hydrogen (secondary N) is 1. The van der Waals surface area contributed by atoms with Gasteiger partial charge in [-0.05, 0) is 38.0 Å². The third-order valence-electron chi connectivity index (χ3n) is 3.40.